The summed E-state index contributed by atoms with van der Waals surface area (Å²) in [6.45, 7) is 8.31. The maximum absolute atomic E-state index is 13.0. The summed E-state index contributed by atoms with van der Waals surface area (Å²) in [4.78, 5) is 38.6. The van der Waals surface area contributed by atoms with Crippen molar-refractivity contribution >= 4 is 11.8 Å². The molecule has 4 rings (SSSR count). The lowest BCUT2D eigenvalue weighted by atomic mass is 10.0. The second-order valence-electron chi connectivity index (χ2n) is 8.95. The van der Waals surface area contributed by atoms with Crippen LogP contribution in [0.3, 0.4) is 0 Å². The van der Waals surface area contributed by atoms with Crippen molar-refractivity contribution in [3.8, 4) is 5.75 Å². The van der Waals surface area contributed by atoms with Crippen molar-refractivity contribution in [2.45, 2.75) is 58.4 Å². The van der Waals surface area contributed by atoms with Gasteiger partial charge >= 0.3 is 0 Å². The van der Waals surface area contributed by atoms with Crippen LogP contribution in [0.4, 0.5) is 0 Å². The molecule has 7 nitrogen and oxygen atoms in total. The minimum Gasteiger partial charge on any atom is -0.483 e. The maximum Gasteiger partial charge on any atom is 0.261 e. The van der Waals surface area contributed by atoms with Crippen molar-refractivity contribution < 1.29 is 14.3 Å². The number of para-hydroxylation sites is 1. The number of carbonyl (C=O) groups excluding carboxylic acids is 2. The number of carbonyl (C=O) groups is 2. The number of aryl methyl sites for hydroxylation is 1. The molecule has 1 aromatic carbocycles. The van der Waals surface area contributed by atoms with E-state index in [-0.39, 0.29) is 24.5 Å². The summed E-state index contributed by atoms with van der Waals surface area (Å²) in [6, 6.07) is 7.67. The smallest absolute Gasteiger partial charge is 0.261 e. The number of aromatic nitrogens is 2. The molecule has 0 radical (unpaired) electrons. The van der Waals surface area contributed by atoms with Gasteiger partial charge in [-0.05, 0) is 50.2 Å². The molecule has 0 spiro atoms. The predicted octanol–water partition coefficient (Wildman–Crippen LogP) is 3.89. The van der Waals surface area contributed by atoms with Gasteiger partial charge in [-0.3, -0.25) is 9.59 Å². The second-order valence-corrected chi connectivity index (χ2v) is 8.95. The third kappa shape index (κ3) is 4.61. The SMILES string of the molecule is Cc1nc([C@H]2CCCN2C(=O)COc2ccccc2C(C)C)ncc1C(=O)N1CCCC1. The molecule has 2 aromatic rings. The molecule has 0 N–H and O–H groups in total. The zero-order valence-electron chi connectivity index (χ0n) is 19.2. The summed E-state index contributed by atoms with van der Waals surface area (Å²) in [7, 11) is 0. The summed E-state index contributed by atoms with van der Waals surface area (Å²) in [6.07, 6.45) is 5.44. The Hall–Kier alpha value is -2.96. The zero-order chi connectivity index (χ0) is 22.7. The average Bonchev–Trinajstić information content (AvgIpc) is 3.49. The first-order valence-electron chi connectivity index (χ1n) is 11.6. The fraction of sp³-hybridized carbons (Fsp3) is 0.520. The van der Waals surface area contributed by atoms with Crippen molar-refractivity contribution in [2.24, 2.45) is 0 Å². The monoisotopic (exact) mass is 436 g/mol. The maximum atomic E-state index is 13.0. The Bertz CT molecular complexity index is 985. The summed E-state index contributed by atoms with van der Waals surface area (Å²) in [5.41, 5.74) is 2.32. The fourth-order valence-electron chi connectivity index (χ4n) is 4.59. The highest BCUT2D eigenvalue weighted by Crippen LogP contribution is 2.31. The normalized spacial score (nSPS) is 18.4. The average molecular weight is 437 g/mol. The van der Waals surface area contributed by atoms with Crippen LogP contribution in [0.15, 0.2) is 30.5 Å². The van der Waals surface area contributed by atoms with Crippen LogP contribution < -0.4 is 4.74 Å². The van der Waals surface area contributed by atoms with E-state index in [1.165, 1.54) is 0 Å². The Labute approximate surface area is 189 Å². The van der Waals surface area contributed by atoms with Gasteiger partial charge in [-0.1, -0.05) is 32.0 Å². The summed E-state index contributed by atoms with van der Waals surface area (Å²) >= 11 is 0. The molecule has 3 heterocycles. The summed E-state index contributed by atoms with van der Waals surface area (Å²) in [5.74, 6) is 1.61. The number of rotatable bonds is 6. The van der Waals surface area contributed by atoms with Gasteiger partial charge in [0.05, 0.1) is 17.3 Å². The van der Waals surface area contributed by atoms with Crippen LogP contribution in [0.1, 0.15) is 78.9 Å². The van der Waals surface area contributed by atoms with Crippen molar-refractivity contribution in [3.05, 3.63) is 53.1 Å². The molecule has 0 unspecified atom stereocenters. The number of amides is 2. The fourth-order valence-corrected chi connectivity index (χ4v) is 4.59. The van der Waals surface area contributed by atoms with E-state index in [1.807, 2.05) is 41.0 Å². The third-order valence-corrected chi connectivity index (χ3v) is 6.39. The minimum atomic E-state index is -0.180. The molecule has 2 amide bonds. The van der Waals surface area contributed by atoms with E-state index < -0.39 is 0 Å². The molecule has 2 fully saturated rings. The first-order valence-corrected chi connectivity index (χ1v) is 11.6. The largest absolute Gasteiger partial charge is 0.483 e. The standard InChI is InChI=1S/C25H32N4O3/c1-17(2)19-9-4-5-11-22(19)32-16-23(30)29-14-8-10-21(29)24-26-15-20(18(3)27-24)25(31)28-12-6-7-13-28/h4-5,9,11,15,17,21H,6-8,10,12-14,16H2,1-3H3/t21-/m1/s1. The molecule has 0 aliphatic carbocycles. The van der Waals surface area contributed by atoms with Gasteiger partial charge in [0.1, 0.15) is 5.75 Å². The Balaban J connectivity index is 1.44. The molecule has 2 saturated heterocycles. The van der Waals surface area contributed by atoms with E-state index in [1.54, 1.807) is 6.20 Å². The first kappa shape index (κ1) is 22.2. The number of benzene rings is 1. The predicted molar refractivity (Wildman–Crippen MR) is 122 cm³/mol. The van der Waals surface area contributed by atoms with Crippen molar-refractivity contribution in [3.63, 3.8) is 0 Å². The molecule has 32 heavy (non-hydrogen) atoms. The Kier molecular flexibility index (Phi) is 6.72. The third-order valence-electron chi connectivity index (χ3n) is 6.39. The zero-order valence-corrected chi connectivity index (χ0v) is 19.2. The number of likely N-dealkylation sites (tertiary alicyclic amines) is 2. The van der Waals surface area contributed by atoms with E-state index in [0.717, 1.165) is 50.1 Å². The van der Waals surface area contributed by atoms with E-state index in [2.05, 4.69) is 23.8 Å². The molecule has 1 atom stereocenters. The molecular weight excluding hydrogens is 404 g/mol. The van der Waals surface area contributed by atoms with Crippen molar-refractivity contribution in [1.29, 1.82) is 0 Å². The second kappa shape index (κ2) is 9.67. The number of nitrogens with zero attached hydrogens (tertiary/aromatic N) is 4. The number of ether oxygens (including phenoxy) is 1. The lowest BCUT2D eigenvalue weighted by Crippen LogP contribution is -2.35. The van der Waals surface area contributed by atoms with E-state index >= 15 is 0 Å². The Morgan fingerprint density at radius 2 is 1.88 bits per heavy atom. The van der Waals surface area contributed by atoms with E-state index in [0.29, 0.717) is 29.5 Å². The van der Waals surface area contributed by atoms with Gasteiger partial charge in [0.2, 0.25) is 0 Å². The van der Waals surface area contributed by atoms with Crippen molar-refractivity contribution in [1.82, 2.24) is 19.8 Å². The van der Waals surface area contributed by atoms with Crippen LogP contribution >= 0.6 is 0 Å². The molecule has 170 valence electrons. The molecule has 7 heteroatoms. The topological polar surface area (TPSA) is 75.6 Å². The van der Waals surface area contributed by atoms with Gasteiger partial charge in [-0.2, -0.15) is 0 Å². The lowest BCUT2D eigenvalue weighted by Gasteiger charge is -2.25. The molecular formula is C25H32N4O3. The molecule has 2 aliphatic rings. The van der Waals surface area contributed by atoms with E-state index in [4.69, 9.17) is 4.74 Å². The lowest BCUT2D eigenvalue weighted by molar-refractivity contribution is -0.134. The van der Waals surface area contributed by atoms with Crippen molar-refractivity contribution in [2.75, 3.05) is 26.2 Å². The highest BCUT2D eigenvalue weighted by molar-refractivity contribution is 5.95. The molecule has 0 saturated carbocycles. The van der Waals surface area contributed by atoms with Crippen LogP contribution in [-0.4, -0.2) is 57.8 Å². The van der Waals surface area contributed by atoms with Crippen LogP contribution in [0.2, 0.25) is 0 Å². The minimum absolute atomic E-state index is 0.00289. The summed E-state index contributed by atoms with van der Waals surface area (Å²) < 4.78 is 5.91. The van der Waals surface area contributed by atoms with Crippen LogP contribution in [-0.2, 0) is 4.79 Å². The highest BCUT2D eigenvalue weighted by Gasteiger charge is 2.33. The van der Waals surface area contributed by atoms with Crippen LogP contribution in [0, 0.1) is 6.92 Å². The van der Waals surface area contributed by atoms with Gasteiger partial charge in [0.15, 0.2) is 12.4 Å². The van der Waals surface area contributed by atoms with Crippen LogP contribution in [0.5, 0.6) is 5.75 Å². The van der Waals surface area contributed by atoms with Gasteiger partial charge < -0.3 is 14.5 Å². The molecule has 2 aliphatic heterocycles. The Morgan fingerprint density at radius 1 is 1.12 bits per heavy atom. The quantitative estimate of drug-likeness (QED) is 0.687. The summed E-state index contributed by atoms with van der Waals surface area (Å²) in [5, 5.41) is 0. The number of hydrogen-bond donors (Lipinski definition) is 0. The van der Waals surface area contributed by atoms with E-state index in [9.17, 15) is 9.59 Å². The Morgan fingerprint density at radius 3 is 2.59 bits per heavy atom. The van der Waals surface area contributed by atoms with Gasteiger partial charge in [-0.15, -0.1) is 0 Å². The molecule has 1 aromatic heterocycles. The molecule has 0 bridgehead atoms. The van der Waals surface area contributed by atoms with Gasteiger partial charge in [0, 0.05) is 25.8 Å². The van der Waals surface area contributed by atoms with Gasteiger partial charge in [-0.25, -0.2) is 9.97 Å². The number of hydrogen-bond acceptors (Lipinski definition) is 5. The van der Waals surface area contributed by atoms with Crippen LogP contribution in [0.25, 0.3) is 0 Å². The first-order chi connectivity index (χ1) is 15.5. The van der Waals surface area contributed by atoms with Gasteiger partial charge in [0.25, 0.3) is 11.8 Å². The highest BCUT2D eigenvalue weighted by atomic mass is 16.5.